The fourth-order valence-corrected chi connectivity index (χ4v) is 2.13. The Morgan fingerprint density at radius 1 is 1.73 bits per heavy atom. The van der Waals surface area contributed by atoms with Crippen molar-refractivity contribution in [1.82, 2.24) is 4.90 Å². The third-order valence-electron chi connectivity index (χ3n) is 2.47. The Bertz CT molecular complexity index is 310. The van der Waals surface area contributed by atoms with Crippen LogP contribution in [-0.4, -0.2) is 29.5 Å². The van der Waals surface area contributed by atoms with Crippen molar-refractivity contribution in [3.05, 3.63) is 22.4 Å². The molecular weight excluding hydrogens is 210 g/mol. The summed E-state index contributed by atoms with van der Waals surface area (Å²) in [6.45, 7) is 2.94. The van der Waals surface area contributed by atoms with Gasteiger partial charge in [0.15, 0.2) is 0 Å². The molecule has 1 aromatic rings. The molecule has 0 aliphatic carbocycles. The van der Waals surface area contributed by atoms with E-state index in [4.69, 9.17) is 10.9 Å². The molecule has 15 heavy (non-hydrogen) atoms. The Morgan fingerprint density at radius 2 is 2.47 bits per heavy atom. The molecule has 3 N–H and O–H groups in total. The third kappa shape index (κ3) is 3.53. The molecule has 4 nitrogen and oxygen atoms in total. The van der Waals surface area contributed by atoms with E-state index >= 15 is 0 Å². The lowest BCUT2D eigenvalue weighted by Crippen LogP contribution is -2.26. The van der Waals surface area contributed by atoms with Crippen LogP contribution in [0.4, 0.5) is 0 Å². The largest absolute Gasteiger partial charge is 0.409 e. The van der Waals surface area contributed by atoms with Crippen LogP contribution >= 0.6 is 11.3 Å². The van der Waals surface area contributed by atoms with Crippen LogP contribution in [0.25, 0.3) is 0 Å². The van der Waals surface area contributed by atoms with Gasteiger partial charge in [0, 0.05) is 23.9 Å². The molecule has 1 unspecified atom stereocenters. The quantitative estimate of drug-likeness (QED) is 0.349. The lowest BCUT2D eigenvalue weighted by atomic mass is 10.2. The minimum atomic E-state index is 0.278. The second-order valence-corrected chi connectivity index (χ2v) is 4.49. The summed E-state index contributed by atoms with van der Waals surface area (Å²) in [5.41, 5.74) is 5.42. The highest BCUT2D eigenvalue weighted by Crippen LogP contribution is 2.23. The Morgan fingerprint density at radius 3 is 3.00 bits per heavy atom. The van der Waals surface area contributed by atoms with Crippen molar-refractivity contribution in [2.45, 2.75) is 19.4 Å². The number of hydrogen-bond acceptors (Lipinski definition) is 4. The van der Waals surface area contributed by atoms with Crippen molar-refractivity contribution in [2.75, 3.05) is 13.6 Å². The first kappa shape index (κ1) is 12.0. The molecule has 0 saturated heterocycles. The van der Waals surface area contributed by atoms with Crippen LogP contribution in [-0.2, 0) is 0 Å². The normalized spacial score (nSPS) is 14.5. The van der Waals surface area contributed by atoms with Crippen molar-refractivity contribution in [2.24, 2.45) is 10.9 Å². The summed E-state index contributed by atoms with van der Waals surface area (Å²) in [4.78, 5) is 3.51. The van der Waals surface area contributed by atoms with Gasteiger partial charge in [0.2, 0.25) is 0 Å². The number of hydrogen-bond donors (Lipinski definition) is 2. The van der Waals surface area contributed by atoms with Crippen LogP contribution < -0.4 is 5.73 Å². The average molecular weight is 227 g/mol. The monoisotopic (exact) mass is 227 g/mol. The Hall–Kier alpha value is -1.07. The molecule has 0 aromatic carbocycles. The zero-order chi connectivity index (χ0) is 11.3. The Kier molecular flexibility index (Phi) is 4.58. The minimum absolute atomic E-state index is 0.278. The lowest BCUT2D eigenvalue weighted by molar-refractivity contribution is 0.269. The molecule has 84 valence electrons. The number of thiophene rings is 1. The second-order valence-electron chi connectivity index (χ2n) is 3.51. The van der Waals surface area contributed by atoms with Crippen molar-refractivity contribution >= 4 is 17.2 Å². The smallest absolute Gasteiger partial charge is 0.140 e. The Balaban J connectivity index is 2.44. The van der Waals surface area contributed by atoms with Gasteiger partial charge in [0.1, 0.15) is 5.84 Å². The summed E-state index contributed by atoms with van der Waals surface area (Å²) in [6.07, 6.45) is 0.586. The van der Waals surface area contributed by atoms with E-state index in [1.165, 1.54) is 4.88 Å². The molecule has 1 atom stereocenters. The van der Waals surface area contributed by atoms with Crippen molar-refractivity contribution in [3.63, 3.8) is 0 Å². The summed E-state index contributed by atoms with van der Waals surface area (Å²) in [6, 6.07) is 4.54. The summed E-state index contributed by atoms with van der Waals surface area (Å²) in [5, 5.41) is 13.4. The predicted octanol–water partition coefficient (Wildman–Crippen LogP) is 1.88. The first-order valence-electron chi connectivity index (χ1n) is 4.85. The molecule has 0 fully saturated rings. The maximum atomic E-state index is 8.42. The fraction of sp³-hybridized carbons (Fsp3) is 0.500. The number of rotatable bonds is 5. The molecule has 0 bridgehead atoms. The van der Waals surface area contributed by atoms with Crippen molar-refractivity contribution < 1.29 is 5.21 Å². The molecule has 0 spiro atoms. The molecule has 1 heterocycles. The highest BCUT2D eigenvalue weighted by molar-refractivity contribution is 7.10. The molecule has 0 aliphatic rings. The highest BCUT2D eigenvalue weighted by atomic mass is 32.1. The van der Waals surface area contributed by atoms with Gasteiger partial charge in [-0.2, -0.15) is 0 Å². The minimum Gasteiger partial charge on any atom is -0.409 e. The van der Waals surface area contributed by atoms with Gasteiger partial charge in [0.05, 0.1) is 0 Å². The summed E-state index contributed by atoms with van der Waals surface area (Å²) < 4.78 is 0. The molecule has 5 heteroatoms. The van der Waals surface area contributed by atoms with Crippen LogP contribution in [0.2, 0.25) is 0 Å². The standard InChI is InChI=1S/C10H17N3OS/c1-8(9-4-3-7-15-9)13(2)6-5-10(11)12-14/h3-4,7-8,14H,5-6H2,1-2H3,(H2,11,12). The fourth-order valence-electron chi connectivity index (χ4n) is 1.28. The summed E-state index contributed by atoms with van der Waals surface area (Å²) in [5.74, 6) is 0.278. The highest BCUT2D eigenvalue weighted by Gasteiger charge is 2.12. The van der Waals surface area contributed by atoms with E-state index in [1.807, 2.05) is 13.1 Å². The third-order valence-corrected chi connectivity index (χ3v) is 3.51. The molecule has 0 amide bonds. The zero-order valence-corrected chi connectivity index (χ0v) is 9.87. The van der Waals surface area contributed by atoms with Crippen molar-refractivity contribution in [1.29, 1.82) is 0 Å². The van der Waals surface area contributed by atoms with Gasteiger partial charge in [0.25, 0.3) is 0 Å². The lowest BCUT2D eigenvalue weighted by Gasteiger charge is -2.23. The van der Waals surface area contributed by atoms with E-state index in [2.05, 4.69) is 28.4 Å². The number of amidine groups is 1. The summed E-state index contributed by atoms with van der Waals surface area (Å²) in [7, 11) is 2.04. The topological polar surface area (TPSA) is 61.8 Å². The average Bonchev–Trinajstić information content (AvgIpc) is 2.77. The van der Waals surface area contributed by atoms with Crippen LogP contribution in [0.3, 0.4) is 0 Å². The molecule has 0 saturated carbocycles. The molecule has 1 rings (SSSR count). The van der Waals surface area contributed by atoms with Gasteiger partial charge < -0.3 is 10.9 Å². The Labute approximate surface area is 94.0 Å². The molecular formula is C10H17N3OS. The van der Waals surface area contributed by atoms with E-state index in [1.54, 1.807) is 11.3 Å². The van der Waals surface area contributed by atoms with Gasteiger partial charge in [-0.15, -0.1) is 11.3 Å². The van der Waals surface area contributed by atoms with Crippen LogP contribution in [0, 0.1) is 0 Å². The van der Waals surface area contributed by atoms with Crippen molar-refractivity contribution in [3.8, 4) is 0 Å². The maximum Gasteiger partial charge on any atom is 0.140 e. The molecule has 1 aromatic heterocycles. The zero-order valence-electron chi connectivity index (χ0n) is 9.05. The number of nitrogens with two attached hydrogens (primary N) is 1. The van der Waals surface area contributed by atoms with Gasteiger partial charge >= 0.3 is 0 Å². The van der Waals surface area contributed by atoms with E-state index in [-0.39, 0.29) is 5.84 Å². The predicted molar refractivity (Wildman–Crippen MR) is 63.4 cm³/mol. The maximum absolute atomic E-state index is 8.42. The van der Waals surface area contributed by atoms with E-state index < -0.39 is 0 Å². The number of oxime groups is 1. The van der Waals surface area contributed by atoms with Crippen LogP contribution in [0.15, 0.2) is 22.7 Å². The van der Waals surface area contributed by atoms with E-state index in [0.717, 1.165) is 6.54 Å². The first-order chi connectivity index (χ1) is 7.15. The van der Waals surface area contributed by atoms with E-state index in [0.29, 0.717) is 12.5 Å². The second kappa shape index (κ2) is 5.72. The van der Waals surface area contributed by atoms with Gasteiger partial charge in [-0.05, 0) is 25.4 Å². The van der Waals surface area contributed by atoms with Crippen LogP contribution in [0.1, 0.15) is 24.3 Å². The van der Waals surface area contributed by atoms with Gasteiger partial charge in [-0.1, -0.05) is 11.2 Å². The first-order valence-corrected chi connectivity index (χ1v) is 5.73. The SMILES string of the molecule is CC(c1cccs1)N(C)CCC(N)=NO. The van der Waals surface area contributed by atoms with Gasteiger partial charge in [-0.25, -0.2) is 0 Å². The molecule has 0 aliphatic heterocycles. The number of nitrogens with zero attached hydrogens (tertiary/aromatic N) is 2. The molecule has 0 radical (unpaired) electrons. The van der Waals surface area contributed by atoms with Gasteiger partial charge in [-0.3, -0.25) is 4.90 Å². The van der Waals surface area contributed by atoms with Crippen LogP contribution in [0.5, 0.6) is 0 Å². The summed E-state index contributed by atoms with van der Waals surface area (Å²) >= 11 is 1.75. The van der Waals surface area contributed by atoms with E-state index in [9.17, 15) is 0 Å².